The molecule has 0 aliphatic carbocycles. The average molecular weight is 225 g/mol. The van der Waals surface area contributed by atoms with Crippen molar-refractivity contribution in [2.24, 2.45) is 5.92 Å². The molecule has 0 aromatic rings. The Hall–Kier alpha value is -0.570. The molecule has 16 heavy (non-hydrogen) atoms. The van der Waals surface area contributed by atoms with Crippen LogP contribution < -0.4 is 5.32 Å². The van der Waals surface area contributed by atoms with E-state index in [0.717, 1.165) is 45.3 Å². The van der Waals surface area contributed by atoms with Crippen LogP contribution >= 0.6 is 0 Å². The van der Waals surface area contributed by atoms with E-state index in [1.165, 1.54) is 19.3 Å². The van der Waals surface area contributed by atoms with Crippen LogP contribution in [0.15, 0.2) is 0 Å². The van der Waals surface area contributed by atoms with E-state index in [9.17, 15) is 4.79 Å². The van der Waals surface area contributed by atoms with E-state index >= 15 is 0 Å². The largest absolute Gasteiger partial charge is 0.378 e. The lowest BCUT2D eigenvalue weighted by atomic mass is 9.95. The standard InChI is InChI=1S/C13H23NO2/c15-13-11(5-1-2-9-14-13)6-3-7-12-8-4-10-16-12/h11-12H,1-10H2,(H,14,15). The number of carbonyl (C=O) groups is 1. The van der Waals surface area contributed by atoms with Gasteiger partial charge in [0.15, 0.2) is 0 Å². The van der Waals surface area contributed by atoms with Gasteiger partial charge in [-0.05, 0) is 38.5 Å². The van der Waals surface area contributed by atoms with Crippen LogP contribution in [0.3, 0.4) is 0 Å². The Morgan fingerprint density at radius 3 is 2.94 bits per heavy atom. The van der Waals surface area contributed by atoms with E-state index in [4.69, 9.17) is 4.74 Å². The quantitative estimate of drug-likeness (QED) is 0.797. The summed E-state index contributed by atoms with van der Waals surface area (Å²) in [5.74, 6) is 0.550. The normalized spacial score (nSPS) is 31.1. The van der Waals surface area contributed by atoms with Gasteiger partial charge in [0.05, 0.1) is 6.10 Å². The van der Waals surface area contributed by atoms with Gasteiger partial charge in [0, 0.05) is 19.1 Å². The minimum absolute atomic E-state index is 0.268. The summed E-state index contributed by atoms with van der Waals surface area (Å²) in [7, 11) is 0. The molecule has 0 aromatic heterocycles. The third kappa shape index (κ3) is 3.48. The van der Waals surface area contributed by atoms with Crippen LogP contribution in [-0.2, 0) is 9.53 Å². The smallest absolute Gasteiger partial charge is 0.223 e. The summed E-state index contributed by atoms with van der Waals surface area (Å²) >= 11 is 0. The number of ether oxygens (including phenoxy) is 1. The number of hydrogen-bond acceptors (Lipinski definition) is 2. The monoisotopic (exact) mass is 225 g/mol. The zero-order valence-electron chi connectivity index (χ0n) is 10.0. The molecule has 0 aromatic carbocycles. The summed E-state index contributed by atoms with van der Waals surface area (Å²) in [5, 5.41) is 3.00. The predicted molar refractivity (Wildman–Crippen MR) is 63.2 cm³/mol. The molecule has 0 radical (unpaired) electrons. The van der Waals surface area contributed by atoms with E-state index in [2.05, 4.69) is 5.32 Å². The van der Waals surface area contributed by atoms with Crippen molar-refractivity contribution in [2.75, 3.05) is 13.2 Å². The first kappa shape index (κ1) is 11.9. The molecular formula is C13H23NO2. The van der Waals surface area contributed by atoms with Gasteiger partial charge in [-0.1, -0.05) is 12.8 Å². The van der Waals surface area contributed by atoms with Gasteiger partial charge in [-0.2, -0.15) is 0 Å². The Morgan fingerprint density at radius 1 is 1.19 bits per heavy atom. The predicted octanol–water partition coefficient (Wildman–Crippen LogP) is 2.25. The zero-order chi connectivity index (χ0) is 11.2. The van der Waals surface area contributed by atoms with Crippen LogP contribution in [0.1, 0.15) is 51.4 Å². The van der Waals surface area contributed by atoms with E-state index in [-0.39, 0.29) is 11.8 Å². The molecule has 2 fully saturated rings. The van der Waals surface area contributed by atoms with Gasteiger partial charge in [0.2, 0.25) is 5.91 Å². The van der Waals surface area contributed by atoms with Gasteiger partial charge < -0.3 is 10.1 Å². The Morgan fingerprint density at radius 2 is 2.12 bits per heavy atom. The van der Waals surface area contributed by atoms with E-state index in [0.29, 0.717) is 6.10 Å². The number of rotatable bonds is 4. The maximum atomic E-state index is 11.7. The minimum Gasteiger partial charge on any atom is -0.378 e. The molecule has 2 aliphatic rings. The second-order valence-corrected chi connectivity index (χ2v) is 5.05. The summed E-state index contributed by atoms with van der Waals surface area (Å²) in [5.41, 5.74) is 0. The second-order valence-electron chi connectivity index (χ2n) is 5.05. The van der Waals surface area contributed by atoms with Crippen molar-refractivity contribution in [2.45, 2.75) is 57.5 Å². The summed E-state index contributed by atoms with van der Waals surface area (Å²) in [4.78, 5) is 11.7. The van der Waals surface area contributed by atoms with Crippen molar-refractivity contribution in [3.63, 3.8) is 0 Å². The zero-order valence-corrected chi connectivity index (χ0v) is 10.0. The van der Waals surface area contributed by atoms with Gasteiger partial charge in [-0.15, -0.1) is 0 Å². The fourth-order valence-corrected chi connectivity index (χ4v) is 2.74. The summed E-state index contributed by atoms with van der Waals surface area (Å²) < 4.78 is 5.59. The Bertz CT molecular complexity index is 224. The molecule has 0 saturated carbocycles. The molecule has 3 nitrogen and oxygen atoms in total. The van der Waals surface area contributed by atoms with Gasteiger partial charge in [-0.25, -0.2) is 0 Å². The molecular weight excluding hydrogens is 202 g/mol. The van der Waals surface area contributed by atoms with Gasteiger partial charge in [-0.3, -0.25) is 4.79 Å². The molecule has 0 bridgehead atoms. The highest BCUT2D eigenvalue weighted by molar-refractivity contribution is 5.78. The van der Waals surface area contributed by atoms with Crippen LogP contribution in [0.4, 0.5) is 0 Å². The van der Waals surface area contributed by atoms with Crippen molar-refractivity contribution < 1.29 is 9.53 Å². The molecule has 0 spiro atoms. The Kier molecular flexibility index (Phi) is 4.64. The van der Waals surface area contributed by atoms with Gasteiger partial charge in [0.1, 0.15) is 0 Å². The van der Waals surface area contributed by atoms with Crippen molar-refractivity contribution in [3.05, 3.63) is 0 Å². The lowest BCUT2D eigenvalue weighted by Crippen LogP contribution is -2.28. The third-order valence-electron chi connectivity index (χ3n) is 3.75. The number of carbonyl (C=O) groups excluding carboxylic acids is 1. The lowest BCUT2D eigenvalue weighted by molar-refractivity contribution is -0.124. The molecule has 1 amide bonds. The third-order valence-corrected chi connectivity index (χ3v) is 3.75. The molecule has 92 valence electrons. The highest BCUT2D eigenvalue weighted by atomic mass is 16.5. The number of nitrogens with one attached hydrogen (secondary N) is 1. The topological polar surface area (TPSA) is 38.3 Å². The summed E-state index contributed by atoms with van der Waals surface area (Å²) in [6, 6.07) is 0. The highest BCUT2D eigenvalue weighted by Crippen LogP contribution is 2.22. The average Bonchev–Trinajstić information content (AvgIpc) is 2.71. The van der Waals surface area contributed by atoms with E-state index in [1.54, 1.807) is 0 Å². The van der Waals surface area contributed by atoms with Crippen molar-refractivity contribution >= 4 is 5.91 Å². The molecule has 2 heterocycles. The second kappa shape index (κ2) is 6.24. The maximum Gasteiger partial charge on any atom is 0.223 e. The minimum atomic E-state index is 0.268. The molecule has 2 aliphatic heterocycles. The fraction of sp³-hybridized carbons (Fsp3) is 0.923. The Balaban J connectivity index is 1.65. The number of hydrogen-bond donors (Lipinski definition) is 1. The first-order valence-electron chi connectivity index (χ1n) is 6.75. The van der Waals surface area contributed by atoms with Gasteiger partial charge in [0.25, 0.3) is 0 Å². The first-order chi connectivity index (χ1) is 7.86. The van der Waals surface area contributed by atoms with Crippen LogP contribution in [-0.4, -0.2) is 25.2 Å². The molecule has 1 N–H and O–H groups in total. The van der Waals surface area contributed by atoms with Crippen molar-refractivity contribution in [1.29, 1.82) is 0 Å². The summed E-state index contributed by atoms with van der Waals surface area (Å²) in [6.45, 7) is 1.82. The first-order valence-corrected chi connectivity index (χ1v) is 6.75. The van der Waals surface area contributed by atoms with Crippen LogP contribution in [0, 0.1) is 5.92 Å². The molecule has 2 saturated heterocycles. The fourth-order valence-electron chi connectivity index (χ4n) is 2.74. The molecule has 2 rings (SSSR count). The van der Waals surface area contributed by atoms with Crippen LogP contribution in [0.2, 0.25) is 0 Å². The molecule has 2 unspecified atom stereocenters. The van der Waals surface area contributed by atoms with E-state index in [1.807, 2.05) is 0 Å². The van der Waals surface area contributed by atoms with Gasteiger partial charge >= 0.3 is 0 Å². The highest BCUT2D eigenvalue weighted by Gasteiger charge is 2.21. The Labute approximate surface area is 97.9 Å². The van der Waals surface area contributed by atoms with Crippen molar-refractivity contribution in [1.82, 2.24) is 5.32 Å². The maximum absolute atomic E-state index is 11.7. The SMILES string of the molecule is O=C1NCCCCC1CCCC1CCCO1. The summed E-state index contributed by atoms with van der Waals surface area (Å²) in [6.07, 6.45) is 9.67. The number of amides is 1. The van der Waals surface area contributed by atoms with E-state index < -0.39 is 0 Å². The van der Waals surface area contributed by atoms with Crippen LogP contribution in [0.25, 0.3) is 0 Å². The lowest BCUT2D eigenvalue weighted by Gasteiger charge is -2.14. The molecule has 2 atom stereocenters. The van der Waals surface area contributed by atoms with Crippen molar-refractivity contribution in [3.8, 4) is 0 Å². The van der Waals surface area contributed by atoms with Crippen LogP contribution in [0.5, 0.6) is 0 Å². The molecule has 3 heteroatoms.